The van der Waals surface area contributed by atoms with Gasteiger partial charge < -0.3 is 14.8 Å². The number of nitrogens with one attached hydrogen (secondary N) is 1. The van der Waals surface area contributed by atoms with E-state index in [2.05, 4.69) is 5.32 Å². The maximum absolute atomic E-state index is 12.5. The second kappa shape index (κ2) is 10.7. The molecule has 2 atom stereocenters. The summed E-state index contributed by atoms with van der Waals surface area (Å²) in [5, 5.41) is 2.61. The van der Waals surface area contributed by atoms with E-state index >= 15 is 0 Å². The summed E-state index contributed by atoms with van der Waals surface area (Å²) in [5.41, 5.74) is 0.248. The third-order valence-electron chi connectivity index (χ3n) is 3.79. The van der Waals surface area contributed by atoms with Crippen LogP contribution in [0.2, 0.25) is 0 Å². The molecule has 27 heavy (non-hydrogen) atoms. The molecule has 1 aromatic carbocycles. The van der Waals surface area contributed by atoms with Crippen LogP contribution in [-0.4, -0.2) is 29.5 Å². The smallest absolute Gasteiger partial charge is 0.408 e. The standard InChI is InChI=1S/C21H31NO5/c1-6-10-17(22-20(25)27-21(3,4)5)18(23)13-15(2)19(24)26-14-16-11-8-7-9-12-16/h7-9,11-12,15,17H,6,10,13-14H2,1-5H3,(H,22,25)/t15-,17+/m1/s1. The van der Waals surface area contributed by atoms with Crippen LogP contribution in [-0.2, 0) is 25.7 Å². The van der Waals surface area contributed by atoms with Gasteiger partial charge in [0.1, 0.15) is 12.2 Å². The van der Waals surface area contributed by atoms with Gasteiger partial charge in [-0.05, 0) is 32.8 Å². The molecule has 1 rings (SSSR count). The summed E-state index contributed by atoms with van der Waals surface area (Å²) in [5.74, 6) is -1.22. The molecule has 0 saturated heterocycles. The van der Waals surface area contributed by atoms with Crippen LogP contribution in [0.3, 0.4) is 0 Å². The number of amides is 1. The van der Waals surface area contributed by atoms with E-state index in [0.29, 0.717) is 6.42 Å². The van der Waals surface area contributed by atoms with E-state index in [-0.39, 0.29) is 18.8 Å². The Morgan fingerprint density at radius 2 is 1.74 bits per heavy atom. The van der Waals surface area contributed by atoms with Crippen molar-refractivity contribution in [1.29, 1.82) is 0 Å². The highest BCUT2D eigenvalue weighted by atomic mass is 16.6. The predicted molar refractivity (Wildman–Crippen MR) is 103 cm³/mol. The van der Waals surface area contributed by atoms with Crippen molar-refractivity contribution in [3.05, 3.63) is 35.9 Å². The van der Waals surface area contributed by atoms with Crippen molar-refractivity contribution >= 4 is 17.8 Å². The maximum atomic E-state index is 12.5. The molecule has 150 valence electrons. The van der Waals surface area contributed by atoms with E-state index < -0.39 is 29.6 Å². The SMILES string of the molecule is CCC[C@H](NC(=O)OC(C)(C)C)C(=O)C[C@@H](C)C(=O)OCc1ccccc1. The van der Waals surface area contributed by atoms with E-state index in [0.717, 1.165) is 12.0 Å². The summed E-state index contributed by atoms with van der Waals surface area (Å²) >= 11 is 0. The third-order valence-corrected chi connectivity index (χ3v) is 3.79. The van der Waals surface area contributed by atoms with E-state index in [4.69, 9.17) is 9.47 Å². The quantitative estimate of drug-likeness (QED) is 0.657. The molecule has 0 spiro atoms. The number of Topliss-reactive ketones (excluding diaryl/α,β-unsaturated/α-hetero) is 1. The summed E-state index contributed by atoms with van der Waals surface area (Å²) in [7, 11) is 0. The van der Waals surface area contributed by atoms with Crippen LogP contribution in [0, 0.1) is 5.92 Å². The van der Waals surface area contributed by atoms with Crippen LogP contribution in [0.4, 0.5) is 4.79 Å². The van der Waals surface area contributed by atoms with Crippen LogP contribution in [0.15, 0.2) is 30.3 Å². The fourth-order valence-electron chi connectivity index (χ4n) is 2.45. The number of carbonyl (C=O) groups excluding carboxylic acids is 3. The molecule has 0 aliphatic heterocycles. The number of ketones is 1. The molecule has 0 aliphatic carbocycles. The molecule has 1 N–H and O–H groups in total. The van der Waals surface area contributed by atoms with Crippen LogP contribution >= 0.6 is 0 Å². The van der Waals surface area contributed by atoms with Gasteiger partial charge in [-0.3, -0.25) is 9.59 Å². The highest BCUT2D eigenvalue weighted by molar-refractivity contribution is 5.90. The van der Waals surface area contributed by atoms with Crippen LogP contribution in [0.1, 0.15) is 59.4 Å². The van der Waals surface area contributed by atoms with E-state index in [1.165, 1.54) is 0 Å². The second-order valence-corrected chi connectivity index (χ2v) is 7.65. The fourth-order valence-corrected chi connectivity index (χ4v) is 2.45. The minimum absolute atomic E-state index is 0.00802. The molecule has 0 saturated carbocycles. The Hall–Kier alpha value is -2.37. The monoisotopic (exact) mass is 377 g/mol. The number of alkyl carbamates (subject to hydrolysis) is 1. The third kappa shape index (κ3) is 9.22. The van der Waals surface area contributed by atoms with Crippen molar-refractivity contribution in [3.8, 4) is 0 Å². The summed E-state index contributed by atoms with van der Waals surface area (Å²) in [6.45, 7) is 9.03. The Balaban J connectivity index is 2.55. The average Bonchev–Trinajstić information content (AvgIpc) is 2.58. The molecule has 0 bridgehead atoms. The Bertz CT molecular complexity index is 621. The lowest BCUT2D eigenvalue weighted by molar-refractivity contribution is -0.150. The van der Waals surface area contributed by atoms with Crippen molar-refractivity contribution in [1.82, 2.24) is 5.32 Å². The van der Waals surface area contributed by atoms with Crippen molar-refractivity contribution < 1.29 is 23.9 Å². The highest BCUT2D eigenvalue weighted by Gasteiger charge is 2.27. The number of ether oxygens (including phenoxy) is 2. The lowest BCUT2D eigenvalue weighted by Gasteiger charge is -2.23. The number of rotatable bonds is 9. The first-order valence-corrected chi connectivity index (χ1v) is 9.35. The van der Waals surface area contributed by atoms with E-state index in [9.17, 15) is 14.4 Å². The van der Waals surface area contributed by atoms with Gasteiger partial charge in [0.15, 0.2) is 5.78 Å². The predicted octanol–water partition coefficient (Wildman–Crippen LogP) is 4.02. The molecule has 0 aromatic heterocycles. The second-order valence-electron chi connectivity index (χ2n) is 7.65. The van der Waals surface area contributed by atoms with Crippen LogP contribution in [0.5, 0.6) is 0 Å². The topological polar surface area (TPSA) is 81.7 Å². The van der Waals surface area contributed by atoms with Crippen LogP contribution in [0.25, 0.3) is 0 Å². The Labute approximate surface area is 161 Å². The van der Waals surface area contributed by atoms with Gasteiger partial charge in [0.05, 0.1) is 12.0 Å². The normalized spacial score (nSPS) is 13.4. The molecule has 0 heterocycles. The number of hydrogen-bond donors (Lipinski definition) is 1. The molecule has 1 amide bonds. The number of carbonyl (C=O) groups is 3. The van der Waals surface area contributed by atoms with Crippen molar-refractivity contribution in [2.24, 2.45) is 5.92 Å². The summed E-state index contributed by atoms with van der Waals surface area (Å²) in [4.78, 5) is 36.7. The first-order chi connectivity index (χ1) is 12.6. The minimum Gasteiger partial charge on any atom is -0.461 e. The van der Waals surface area contributed by atoms with Gasteiger partial charge in [0.25, 0.3) is 0 Å². The maximum Gasteiger partial charge on any atom is 0.408 e. The fraction of sp³-hybridized carbons (Fsp3) is 0.571. The Morgan fingerprint density at radius 3 is 2.30 bits per heavy atom. The largest absolute Gasteiger partial charge is 0.461 e. The van der Waals surface area contributed by atoms with E-state index in [1.54, 1.807) is 27.7 Å². The first-order valence-electron chi connectivity index (χ1n) is 9.35. The lowest BCUT2D eigenvalue weighted by atomic mass is 9.97. The molecule has 1 aromatic rings. The zero-order valence-electron chi connectivity index (χ0n) is 16.9. The minimum atomic E-state index is -0.672. The number of esters is 1. The molecule has 0 radical (unpaired) electrons. The van der Waals surface area contributed by atoms with Crippen molar-refractivity contribution in [2.45, 2.75) is 72.1 Å². The van der Waals surface area contributed by atoms with Gasteiger partial charge in [-0.2, -0.15) is 0 Å². The van der Waals surface area contributed by atoms with Gasteiger partial charge in [-0.1, -0.05) is 50.6 Å². The van der Waals surface area contributed by atoms with Gasteiger partial charge in [-0.25, -0.2) is 4.79 Å². The molecule has 0 fully saturated rings. The van der Waals surface area contributed by atoms with Gasteiger partial charge in [-0.15, -0.1) is 0 Å². The van der Waals surface area contributed by atoms with Gasteiger partial charge in [0, 0.05) is 6.42 Å². The van der Waals surface area contributed by atoms with Gasteiger partial charge in [0.2, 0.25) is 0 Å². The summed E-state index contributed by atoms with van der Waals surface area (Å²) in [6.07, 6.45) is 0.588. The van der Waals surface area contributed by atoms with Crippen LogP contribution < -0.4 is 5.32 Å². The molecule has 0 unspecified atom stereocenters. The molecule has 6 heteroatoms. The highest BCUT2D eigenvalue weighted by Crippen LogP contribution is 2.13. The number of benzene rings is 1. The summed E-state index contributed by atoms with van der Waals surface area (Å²) in [6, 6.07) is 8.69. The molecule has 6 nitrogen and oxygen atoms in total. The average molecular weight is 377 g/mol. The Kier molecular flexibility index (Phi) is 8.98. The molecular formula is C21H31NO5. The molecular weight excluding hydrogens is 346 g/mol. The van der Waals surface area contributed by atoms with Gasteiger partial charge >= 0.3 is 12.1 Å². The number of hydrogen-bond acceptors (Lipinski definition) is 5. The van der Waals surface area contributed by atoms with Crippen molar-refractivity contribution in [3.63, 3.8) is 0 Å². The summed E-state index contributed by atoms with van der Waals surface area (Å²) < 4.78 is 10.5. The zero-order valence-corrected chi connectivity index (χ0v) is 16.9. The Morgan fingerprint density at radius 1 is 1.11 bits per heavy atom. The first kappa shape index (κ1) is 22.7. The zero-order chi connectivity index (χ0) is 20.4. The molecule has 0 aliphatic rings. The lowest BCUT2D eigenvalue weighted by Crippen LogP contribution is -2.44. The van der Waals surface area contributed by atoms with Crippen molar-refractivity contribution in [2.75, 3.05) is 0 Å². The van der Waals surface area contributed by atoms with E-state index in [1.807, 2.05) is 37.3 Å².